The van der Waals surface area contributed by atoms with E-state index < -0.39 is 0 Å². The summed E-state index contributed by atoms with van der Waals surface area (Å²) in [6.07, 6.45) is 11.6. The summed E-state index contributed by atoms with van der Waals surface area (Å²) in [6, 6.07) is 7.58. The molecule has 1 aliphatic rings. The van der Waals surface area contributed by atoms with Crippen LogP contribution in [0.15, 0.2) is 30.5 Å². The van der Waals surface area contributed by atoms with Gasteiger partial charge in [-0.2, -0.15) is 0 Å². The minimum absolute atomic E-state index is 0.00579. The topological polar surface area (TPSA) is 160 Å². The molecule has 4 rings (SSSR count). The van der Waals surface area contributed by atoms with Crippen molar-refractivity contribution >= 4 is 63.6 Å². The Balaban J connectivity index is 0.000000424. The predicted molar refractivity (Wildman–Crippen MR) is 196 cm³/mol. The number of ketones is 1. The number of unbranched alkanes of at least 4 members (excludes halogenated alkanes) is 4. The number of nitrogens with one attached hydrogen (secondary N) is 2. The molecule has 2 amide bonds. The molecule has 0 bridgehead atoms. The zero-order chi connectivity index (χ0) is 36.1. The number of aromatic nitrogens is 3. The van der Waals surface area contributed by atoms with Gasteiger partial charge in [0.2, 0.25) is 11.8 Å². The van der Waals surface area contributed by atoms with Crippen molar-refractivity contribution in [1.82, 2.24) is 19.9 Å². The van der Waals surface area contributed by atoms with Gasteiger partial charge in [0.25, 0.3) is 0 Å². The van der Waals surface area contributed by atoms with E-state index in [9.17, 15) is 14.4 Å². The molecule has 1 aliphatic heterocycles. The van der Waals surface area contributed by atoms with Crippen LogP contribution in [0.25, 0.3) is 0 Å². The zero-order valence-electron chi connectivity index (χ0n) is 29.4. The monoisotopic (exact) mass is 701 g/mol. The van der Waals surface area contributed by atoms with Gasteiger partial charge in [0.05, 0.1) is 17.1 Å². The van der Waals surface area contributed by atoms with Crippen molar-refractivity contribution in [3.8, 4) is 0 Å². The molecule has 1 saturated heterocycles. The third-order valence-electron chi connectivity index (χ3n) is 7.34. The first-order valence-electron chi connectivity index (χ1n) is 16.3. The second kappa shape index (κ2) is 23.6. The van der Waals surface area contributed by atoms with Crippen molar-refractivity contribution in [3.63, 3.8) is 0 Å². The lowest BCUT2D eigenvalue weighted by Gasteiger charge is -2.29. The van der Waals surface area contributed by atoms with Crippen LogP contribution < -0.4 is 16.4 Å². The number of piperidine rings is 1. The number of amides is 2. The first kappa shape index (κ1) is 42.3. The Kier molecular flexibility index (Phi) is 20.8. The maximum Gasteiger partial charge on any atom is 0.234 e. The average molecular weight is 702 g/mol. The van der Waals surface area contributed by atoms with Crippen molar-refractivity contribution in [2.45, 2.75) is 105 Å². The Labute approximate surface area is 294 Å². The molecular weight excluding hydrogens is 650 g/mol. The molecule has 3 heterocycles. The van der Waals surface area contributed by atoms with E-state index in [-0.39, 0.29) is 23.6 Å². The van der Waals surface area contributed by atoms with Crippen molar-refractivity contribution < 1.29 is 19.2 Å². The highest BCUT2D eigenvalue weighted by atomic mass is 35.5. The molecule has 1 fully saturated rings. The Morgan fingerprint density at radius 3 is 2.29 bits per heavy atom. The summed E-state index contributed by atoms with van der Waals surface area (Å²) in [4.78, 5) is 58.3. The van der Waals surface area contributed by atoms with Gasteiger partial charge in [-0.25, -0.2) is 15.0 Å². The lowest BCUT2D eigenvalue weighted by Crippen LogP contribution is -2.45. The number of nitrogens with zero attached hydrogens (tertiary/aromatic N) is 4. The number of nitrogens with two attached hydrogens (primary N) is 1. The van der Waals surface area contributed by atoms with Crippen molar-refractivity contribution in [2.75, 3.05) is 24.2 Å². The van der Waals surface area contributed by atoms with Gasteiger partial charge >= 0.3 is 0 Å². The quantitative estimate of drug-likeness (QED) is 0.104. The second-order valence-corrected chi connectivity index (χ2v) is 12.9. The van der Waals surface area contributed by atoms with Crippen LogP contribution in [0.4, 0.5) is 16.8 Å². The standard InChI is InChI=1S/C18H25N5O2S.C8H9Cl.C7H14N2O.C2H4O/c1-4-5-6-7-8-9-17(25)22-15-10-16(21-13(3)20-15)23-18-19-11-14(26-18)12(2)24;1-6-4-3-5-8(9)7(6)2;1-9-5-3-2-4-6(9)7(8)10;1-2-3/h10-11H,4-9H2,1-3H3,(H2,19,20,21,22,23,25);3-5H,1-2H3;6H,2-5H2,1H3,(H2,8,10);2H,1H3. The number of carbonyl (C=O) groups excluding carboxylic acids is 4. The molecule has 0 saturated carbocycles. The Morgan fingerprint density at radius 1 is 1.08 bits per heavy atom. The molecule has 0 aliphatic carbocycles. The van der Waals surface area contributed by atoms with Gasteiger partial charge < -0.3 is 21.2 Å². The summed E-state index contributed by atoms with van der Waals surface area (Å²) >= 11 is 7.07. The highest BCUT2D eigenvalue weighted by Crippen LogP contribution is 2.23. The molecule has 0 spiro atoms. The van der Waals surface area contributed by atoms with E-state index in [0.717, 1.165) is 43.5 Å². The maximum absolute atomic E-state index is 12.1. The van der Waals surface area contributed by atoms with E-state index >= 15 is 0 Å². The van der Waals surface area contributed by atoms with Crippen LogP contribution in [0.1, 0.15) is 105 Å². The first-order valence-corrected chi connectivity index (χ1v) is 17.5. The number of primary amides is 1. The number of likely N-dealkylation sites (tertiary alicyclic amines) is 1. The summed E-state index contributed by atoms with van der Waals surface area (Å²) in [5, 5.41) is 7.30. The van der Waals surface area contributed by atoms with E-state index in [1.807, 2.05) is 31.0 Å². The fourth-order valence-corrected chi connectivity index (χ4v) is 5.48. The average Bonchev–Trinajstić information content (AvgIpc) is 3.49. The lowest BCUT2D eigenvalue weighted by molar-refractivity contribution is -0.123. The number of anilines is 3. The van der Waals surface area contributed by atoms with Gasteiger partial charge in [0, 0.05) is 24.4 Å². The number of hydrogen-bond donors (Lipinski definition) is 3. The molecule has 3 aromatic rings. The minimum Gasteiger partial charge on any atom is -0.368 e. The smallest absolute Gasteiger partial charge is 0.234 e. The number of likely N-dealkylation sites (N-methyl/N-ethyl adjacent to an activating group) is 1. The van der Waals surface area contributed by atoms with Crippen LogP contribution >= 0.6 is 22.9 Å². The Morgan fingerprint density at radius 2 is 1.75 bits per heavy atom. The van der Waals surface area contributed by atoms with Gasteiger partial charge in [-0.1, -0.05) is 74.1 Å². The number of hydrogen-bond acceptors (Lipinski definition) is 10. The number of rotatable bonds is 11. The highest BCUT2D eigenvalue weighted by molar-refractivity contribution is 7.17. The molecule has 264 valence electrons. The van der Waals surface area contributed by atoms with Gasteiger partial charge in [0.15, 0.2) is 10.9 Å². The van der Waals surface area contributed by atoms with Gasteiger partial charge in [-0.15, -0.1) is 0 Å². The molecule has 2 aromatic heterocycles. The molecule has 11 nitrogen and oxygen atoms in total. The van der Waals surface area contributed by atoms with Crippen molar-refractivity contribution in [3.05, 3.63) is 57.3 Å². The van der Waals surface area contributed by atoms with E-state index in [0.29, 0.717) is 33.9 Å². The number of thiazole rings is 1. The zero-order valence-corrected chi connectivity index (χ0v) is 31.0. The van der Waals surface area contributed by atoms with Crippen LogP contribution in [-0.4, -0.2) is 63.4 Å². The van der Waals surface area contributed by atoms with E-state index in [4.69, 9.17) is 22.1 Å². The summed E-state index contributed by atoms with van der Waals surface area (Å²) in [7, 11) is 1.95. The minimum atomic E-state index is -0.179. The lowest BCUT2D eigenvalue weighted by atomic mass is 10.0. The van der Waals surface area contributed by atoms with Gasteiger partial charge in [-0.05, 0) is 77.7 Å². The number of aryl methyl sites for hydroxylation is 2. The van der Waals surface area contributed by atoms with Gasteiger partial charge in [-0.3, -0.25) is 19.3 Å². The molecule has 4 N–H and O–H groups in total. The highest BCUT2D eigenvalue weighted by Gasteiger charge is 2.23. The van der Waals surface area contributed by atoms with E-state index in [2.05, 4.69) is 45.5 Å². The summed E-state index contributed by atoms with van der Waals surface area (Å²) in [5.41, 5.74) is 7.61. The molecule has 1 aromatic carbocycles. The largest absolute Gasteiger partial charge is 0.368 e. The second-order valence-electron chi connectivity index (χ2n) is 11.4. The van der Waals surface area contributed by atoms with Crippen LogP contribution in [-0.2, 0) is 14.4 Å². The molecular formula is C35H52ClN7O4S. The molecule has 0 radical (unpaired) electrons. The van der Waals surface area contributed by atoms with Crippen LogP contribution in [0.2, 0.25) is 5.02 Å². The molecule has 13 heteroatoms. The Hall–Kier alpha value is -3.74. The first-order chi connectivity index (χ1) is 22.8. The molecule has 48 heavy (non-hydrogen) atoms. The van der Waals surface area contributed by atoms with Crippen LogP contribution in [0.5, 0.6) is 0 Å². The van der Waals surface area contributed by atoms with Crippen molar-refractivity contribution in [1.29, 1.82) is 0 Å². The third kappa shape index (κ3) is 16.9. The Bertz CT molecular complexity index is 1430. The van der Waals surface area contributed by atoms with Crippen LogP contribution in [0.3, 0.4) is 0 Å². The fourth-order valence-electron chi connectivity index (χ4n) is 4.54. The summed E-state index contributed by atoms with van der Waals surface area (Å²) in [6.45, 7) is 12.0. The predicted octanol–water partition coefficient (Wildman–Crippen LogP) is 7.60. The fraction of sp³-hybridized carbons (Fsp3) is 0.514. The normalized spacial score (nSPS) is 13.7. The van der Waals surface area contributed by atoms with Crippen LogP contribution in [0, 0.1) is 20.8 Å². The summed E-state index contributed by atoms with van der Waals surface area (Å²) < 4.78 is 0. The SMILES string of the molecule is CC=O.CCCCCCCC(=O)Nc1cc(Nc2ncc(C(C)=O)s2)nc(C)n1.CN1CCCCC1C(N)=O.Cc1cccc(Cl)c1C. The number of carbonyl (C=O) groups is 4. The molecule has 1 atom stereocenters. The number of halogens is 1. The molecule has 1 unspecified atom stereocenters. The van der Waals surface area contributed by atoms with E-state index in [1.165, 1.54) is 68.2 Å². The summed E-state index contributed by atoms with van der Waals surface area (Å²) in [5.74, 6) is 1.28. The van der Waals surface area contributed by atoms with Crippen molar-refractivity contribution in [2.24, 2.45) is 5.73 Å². The maximum atomic E-state index is 12.1. The van der Waals surface area contributed by atoms with Gasteiger partial charge in [0.1, 0.15) is 23.7 Å². The number of aldehydes is 1. The van der Waals surface area contributed by atoms with E-state index in [1.54, 1.807) is 13.0 Å². The number of benzene rings is 1. The number of Topliss-reactive ketones (excluding diaryl/α,β-unsaturated/α-hetero) is 1. The third-order valence-corrected chi connectivity index (χ3v) is 8.76.